The van der Waals surface area contributed by atoms with E-state index in [1.807, 2.05) is 0 Å². The molecule has 2 aliphatic rings. The molecule has 1 spiro atoms. The first-order chi connectivity index (χ1) is 7.70. The molecular formula is C12H15NO2S. The van der Waals surface area contributed by atoms with E-state index in [0.29, 0.717) is 0 Å². The van der Waals surface area contributed by atoms with Crippen molar-refractivity contribution in [1.82, 2.24) is 0 Å². The lowest BCUT2D eigenvalue weighted by Crippen LogP contribution is -2.40. The Bertz CT molecular complexity index is 432. The third kappa shape index (κ3) is 1.44. The number of carbonyl (C=O) groups is 1. The number of hydrogen-bond donors (Lipinski definition) is 1. The van der Waals surface area contributed by atoms with E-state index >= 15 is 0 Å². The van der Waals surface area contributed by atoms with Crippen molar-refractivity contribution >= 4 is 22.4 Å². The summed E-state index contributed by atoms with van der Waals surface area (Å²) in [7, 11) is 0. The van der Waals surface area contributed by atoms with Crippen molar-refractivity contribution in [2.75, 3.05) is 5.32 Å². The monoisotopic (exact) mass is 237 g/mol. The molecule has 0 saturated heterocycles. The van der Waals surface area contributed by atoms with E-state index in [9.17, 15) is 4.79 Å². The van der Waals surface area contributed by atoms with Gasteiger partial charge in [0.25, 0.3) is 0 Å². The zero-order valence-electron chi connectivity index (χ0n) is 9.34. The Kier molecular flexibility index (Phi) is 2.21. The van der Waals surface area contributed by atoms with E-state index in [4.69, 9.17) is 4.74 Å². The minimum absolute atomic E-state index is 0.281. The first-order valence-electron chi connectivity index (χ1n) is 5.81. The first-order valence-corrected chi connectivity index (χ1v) is 6.62. The molecule has 0 unspecified atom stereocenters. The van der Waals surface area contributed by atoms with Gasteiger partial charge in [0.2, 0.25) is 0 Å². The second kappa shape index (κ2) is 3.48. The maximum Gasteiger partial charge on any atom is 0.413 e. The van der Waals surface area contributed by atoms with Crippen molar-refractivity contribution < 1.29 is 9.53 Å². The molecule has 1 aromatic heterocycles. The van der Waals surface area contributed by atoms with Crippen LogP contribution in [0.25, 0.3) is 0 Å². The van der Waals surface area contributed by atoms with E-state index in [-0.39, 0.29) is 11.7 Å². The highest BCUT2D eigenvalue weighted by molar-refractivity contribution is 7.16. The molecule has 0 radical (unpaired) electrons. The molecule has 1 amide bonds. The third-order valence-corrected chi connectivity index (χ3v) is 4.48. The molecule has 1 saturated carbocycles. The third-order valence-electron chi connectivity index (χ3n) is 3.51. The van der Waals surface area contributed by atoms with Crippen LogP contribution in [0.3, 0.4) is 0 Å². The minimum atomic E-state index is -0.319. The molecule has 1 aromatic rings. The molecule has 0 bridgehead atoms. The second-order valence-electron chi connectivity index (χ2n) is 4.67. The van der Waals surface area contributed by atoms with E-state index in [1.54, 1.807) is 11.3 Å². The van der Waals surface area contributed by atoms with Crippen LogP contribution in [0.4, 0.5) is 9.80 Å². The van der Waals surface area contributed by atoms with Gasteiger partial charge in [0, 0.05) is 10.4 Å². The lowest BCUT2D eigenvalue weighted by molar-refractivity contribution is -0.0174. The first kappa shape index (κ1) is 10.1. The highest BCUT2D eigenvalue weighted by Crippen LogP contribution is 2.48. The molecule has 1 aliphatic heterocycles. The van der Waals surface area contributed by atoms with Crippen molar-refractivity contribution in [1.29, 1.82) is 0 Å². The molecule has 0 aromatic carbocycles. The average molecular weight is 237 g/mol. The van der Waals surface area contributed by atoms with Crippen LogP contribution in [0.15, 0.2) is 6.07 Å². The fourth-order valence-corrected chi connectivity index (χ4v) is 3.78. The van der Waals surface area contributed by atoms with Gasteiger partial charge in [0.1, 0.15) is 10.6 Å². The van der Waals surface area contributed by atoms with Gasteiger partial charge in [-0.3, -0.25) is 5.32 Å². The summed E-state index contributed by atoms with van der Waals surface area (Å²) in [6.45, 7) is 2.08. The molecule has 3 rings (SSSR count). The van der Waals surface area contributed by atoms with Crippen LogP contribution in [0.5, 0.6) is 0 Å². The van der Waals surface area contributed by atoms with Crippen molar-refractivity contribution in [2.24, 2.45) is 0 Å². The van der Waals surface area contributed by atoms with Gasteiger partial charge >= 0.3 is 6.09 Å². The maximum atomic E-state index is 11.6. The summed E-state index contributed by atoms with van der Waals surface area (Å²) in [5, 5.41) is 3.81. The molecule has 86 valence electrons. The number of anilines is 1. The van der Waals surface area contributed by atoms with Crippen molar-refractivity contribution in [2.45, 2.75) is 44.6 Å². The van der Waals surface area contributed by atoms with E-state index < -0.39 is 0 Å². The lowest BCUT2D eigenvalue weighted by Gasteiger charge is -2.39. The summed E-state index contributed by atoms with van der Waals surface area (Å²) in [6.07, 6.45) is 5.23. The van der Waals surface area contributed by atoms with Crippen LogP contribution >= 0.6 is 11.3 Å². The molecule has 3 nitrogen and oxygen atoms in total. The Balaban J connectivity index is 2.08. The Morgan fingerprint density at radius 2 is 2.12 bits per heavy atom. The number of hydrogen-bond acceptors (Lipinski definition) is 3. The van der Waals surface area contributed by atoms with Crippen LogP contribution in [0, 0.1) is 6.92 Å². The van der Waals surface area contributed by atoms with Crippen LogP contribution in [-0.2, 0) is 10.3 Å². The number of ether oxygens (including phenoxy) is 1. The summed E-state index contributed by atoms with van der Waals surface area (Å²) in [6, 6.07) is 2.17. The largest absolute Gasteiger partial charge is 0.438 e. The predicted octanol–water partition coefficient (Wildman–Crippen LogP) is 3.78. The number of amides is 1. The van der Waals surface area contributed by atoms with Gasteiger partial charge in [0.15, 0.2) is 0 Å². The molecular weight excluding hydrogens is 222 g/mol. The van der Waals surface area contributed by atoms with Crippen LogP contribution in [0.1, 0.15) is 42.5 Å². The zero-order valence-corrected chi connectivity index (χ0v) is 10.2. The van der Waals surface area contributed by atoms with E-state index in [0.717, 1.165) is 30.7 Å². The minimum Gasteiger partial charge on any atom is -0.438 e. The number of nitrogens with one attached hydrogen (secondary N) is 1. The molecule has 4 heteroatoms. The predicted molar refractivity (Wildman–Crippen MR) is 63.9 cm³/mol. The van der Waals surface area contributed by atoms with Crippen molar-refractivity contribution in [3.63, 3.8) is 0 Å². The average Bonchev–Trinajstić information content (AvgIpc) is 2.60. The van der Waals surface area contributed by atoms with Crippen LogP contribution < -0.4 is 5.32 Å². The van der Waals surface area contributed by atoms with Gasteiger partial charge in [-0.1, -0.05) is 6.42 Å². The summed E-state index contributed by atoms with van der Waals surface area (Å²) in [5.74, 6) is 0. The highest BCUT2D eigenvalue weighted by Gasteiger charge is 2.43. The Morgan fingerprint density at radius 3 is 2.88 bits per heavy atom. The highest BCUT2D eigenvalue weighted by atomic mass is 32.1. The summed E-state index contributed by atoms with van der Waals surface area (Å²) < 4.78 is 5.61. The molecule has 1 fully saturated rings. The van der Waals surface area contributed by atoms with Crippen molar-refractivity contribution in [3.05, 3.63) is 16.5 Å². The van der Waals surface area contributed by atoms with Crippen molar-refractivity contribution in [3.8, 4) is 0 Å². The SMILES string of the molecule is Cc1cc2c(s1)NC(=O)OC21CCCCC1. The van der Waals surface area contributed by atoms with E-state index in [2.05, 4.69) is 18.3 Å². The van der Waals surface area contributed by atoms with E-state index in [1.165, 1.54) is 16.9 Å². The smallest absolute Gasteiger partial charge is 0.413 e. The number of aryl methyl sites for hydroxylation is 1. The zero-order chi connectivity index (χ0) is 11.2. The Hall–Kier alpha value is -1.03. The van der Waals surface area contributed by atoms with Gasteiger partial charge in [-0.05, 0) is 38.7 Å². The fraction of sp³-hybridized carbons (Fsp3) is 0.583. The fourth-order valence-electron chi connectivity index (χ4n) is 2.79. The lowest BCUT2D eigenvalue weighted by atomic mass is 9.79. The summed E-state index contributed by atoms with van der Waals surface area (Å²) >= 11 is 1.65. The van der Waals surface area contributed by atoms with Gasteiger partial charge in [-0.15, -0.1) is 11.3 Å². The number of rotatable bonds is 0. The standard InChI is InChI=1S/C12H15NO2S/c1-8-7-9-10(16-8)13-11(14)15-12(9)5-3-2-4-6-12/h7H,2-6H2,1H3,(H,13,14). The molecule has 1 N–H and O–H groups in total. The van der Waals surface area contributed by atoms with Crippen LogP contribution in [-0.4, -0.2) is 6.09 Å². The molecule has 0 atom stereocenters. The Morgan fingerprint density at radius 1 is 1.38 bits per heavy atom. The molecule has 16 heavy (non-hydrogen) atoms. The normalized spacial score (nSPS) is 22.4. The maximum absolute atomic E-state index is 11.6. The van der Waals surface area contributed by atoms with Gasteiger partial charge in [0.05, 0.1) is 0 Å². The Labute approximate surface area is 98.8 Å². The number of fused-ring (bicyclic) bond motifs is 2. The second-order valence-corrected chi connectivity index (χ2v) is 5.93. The summed E-state index contributed by atoms with van der Waals surface area (Å²) in [4.78, 5) is 12.8. The van der Waals surface area contributed by atoms with Gasteiger partial charge in [-0.25, -0.2) is 4.79 Å². The number of thiophene rings is 1. The quantitative estimate of drug-likeness (QED) is 0.745. The van der Waals surface area contributed by atoms with Crippen LogP contribution in [0.2, 0.25) is 0 Å². The molecule has 2 heterocycles. The van der Waals surface area contributed by atoms with Gasteiger partial charge in [-0.2, -0.15) is 0 Å². The van der Waals surface area contributed by atoms with Gasteiger partial charge < -0.3 is 4.74 Å². The molecule has 1 aliphatic carbocycles. The number of carbonyl (C=O) groups excluding carboxylic acids is 1. The topological polar surface area (TPSA) is 38.3 Å². The summed E-state index contributed by atoms with van der Waals surface area (Å²) in [5.41, 5.74) is 0.884.